The first kappa shape index (κ1) is 19.6. The average Bonchev–Trinajstić information content (AvgIpc) is 3.51. The number of ether oxygens (including phenoxy) is 3. The van der Waals surface area contributed by atoms with Crippen LogP contribution in [0.25, 0.3) is 0 Å². The lowest BCUT2D eigenvalue weighted by Crippen LogP contribution is -2.10. The summed E-state index contributed by atoms with van der Waals surface area (Å²) in [5.41, 5.74) is 3.05. The van der Waals surface area contributed by atoms with Gasteiger partial charge in [0.2, 0.25) is 0 Å². The van der Waals surface area contributed by atoms with Crippen molar-refractivity contribution in [2.75, 3.05) is 7.11 Å². The van der Waals surface area contributed by atoms with Crippen LogP contribution in [0.4, 0.5) is 0 Å². The van der Waals surface area contributed by atoms with Gasteiger partial charge < -0.3 is 14.2 Å². The summed E-state index contributed by atoms with van der Waals surface area (Å²) in [6, 6.07) is 9.45. The van der Waals surface area contributed by atoms with E-state index in [4.69, 9.17) is 25.8 Å². The lowest BCUT2D eigenvalue weighted by atomic mass is 10.0. The van der Waals surface area contributed by atoms with E-state index in [9.17, 15) is 4.79 Å². The number of hydrogen-bond acceptors (Lipinski definition) is 4. The molecule has 0 spiro atoms. The van der Waals surface area contributed by atoms with Crippen LogP contribution in [0.15, 0.2) is 30.3 Å². The molecule has 0 unspecified atom stereocenters. The van der Waals surface area contributed by atoms with E-state index >= 15 is 0 Å². The summed E-state index contributed by atoms with van der Waals surface area (Å²) in [4.78, 5) is 11.8. The zero-order valence-electron chi connectivity index (χ0n) is 16.0. The molecule has 0 heterocycles. The minimum atomic E-state index is -0.293. The molecule has 1 saturated carbocycles. The molecule has 5 heteroatoms. The van der Waals surface area contributed by atoms with Gasteiger partial charge >= 0.3 is 5.97 Å². The highest BCUT2D eigenvalue weighted by Gasteiger charge is 2.28. The summed E-state index contributed by atoms with van der Waals surface area (Å²) in [7, 11) is 1.59. The van der Waals surface area contributed by atoms with Crippen molar-refractivity contribution in [1.29, 1.82) is 0 Å². The Balaban J connectivity index is 1.88. The van der Waals surface area contributed by atoms with Gasteiger partial charge in [-0.2, -0.15) is 0 Å². The number of halogens is 1. The van der Waals surface area contributed by atoms with Crippen LogP contribution in [0.3, 0.4) is 0 Å². The van der Waals surface area contributed by atoms with Gasteiger partial charge in [-0.05, 0) is 54.5 Å². The van der Waals surface area contributed by atoms with Gasteiger partial charge in [0.15, 0.2) is 0 Å². The molecule has 0 saturated heterocycles. The Kier molecular flexibility index (Phi) is 6.27. The standard InChI is InChI=1S/C22H25ClO4/c1-4-14-11-16(15-9-10-15)21(12-18(14)23)26-13-17-19(25-3)7-6-8-20(17)27-22(24)5-2/h6-8,11-12,15H,4-5,9-10,13H2,1-3H3. The molecule has 2 aromatic rings. The quantitative estimate of drug-likeness (QED) is 0.431. The van der Waals surface area contributed by atoms with E-state index in [1.54, 1.807) is 26.2 Å². The molecular weight excluding hydrogens is 364 g/mol. The summed E-state index contributed by atoms with van der Waals surface area (Å²) >= 11 is 6.41. The summed E-state index contributed by atoms with van der Waals surface area (Å²) in [6.07, 6.45) is 3.55. The predicted octanol–water partition coefficient (Wildman–Crippen LogP) is 5.68. The van der Waals surface area contributed by atoms with Gasteiger partial charge in [-0.25, -0.2) is 0 Å². The summed E-state index contributed by atoms with van der Waals surface area (Å²) in [6.45, 7) is 4.09. The van der Waals surface area contributed by atoms with E-state index < -0.39 is 0 Å². The van der Waals surface area contributed by atoms with E-state index in [0.717, 1.165) is 22.8 Å². The number of methoxy groups -OCH3 is 1. The van der Waals surface area contributed by atoms with Gasteiger partial charge in [0.05, 0.1) is 12.7 Å². The topological polar surface area (TPSA) is 44.8 Å². The second-order valence-electron chi connectivity index (χ2n) is 6.66. The molecule has 0 bridgehead atoms. The number of aryl methyl sites for hydroxylation is 1. The average molecular weight is 389 g/mol. The maximum absolute atomic E-state index is 11.8. The van der Waals surface area contributed by atoms with Crippen molar-refractivity contribution in [2.45, 2.75) is 52.1 Å². The van der Waals surface area contributed by atoms with Crippen molar-refractivity contribution >= 4 is 17.6 Å². The third-order valence-electron chi connectivity index (χ3n) is 4.77. The second kappa shape index (κ2) is 8.66. The molecule has 4 nitrogen and oxygen atoms in total. The highest BCUT2D eigenvalue weighted by Crippen LogP contribution is 2.46. The van der Waals surface area contributed by atoms with Crippen LogP contribution in [0.2, 0.25) is 5.02 Å². The Hall–Kier alpha value is -2.20. The molecule has 3 rings (SSSR count). The fraction of sp³-hybridized carbons (Fsp3) is 0.409. The highest BCUT2D eigenvalue weighted by atomic mass is 35.5. The molecule has 1 aliphatic carbocycles. The minimum Gasteiger partial charge on any atom is -0.496 e. The lowest BCUT2D eigenvalue weighted by Gasteiger charge is -2.17. The van der Waals surface area contributed by atoms with Gasteiger partial charge in [0, 0.05) is 11.4 Å². The maximum atomic E-state index is 11.8. The number of carbonyl (C=O) groups excluding carboxylic acids is 1. The Morgan fingerprint density at radius 3 is 2.52 bits per heavy atom. The zero-order valence-corrected chi connectivity index (χ0v) is 16.8. The van der Waals surface area contributed by atoms with Crippen molar-refractivity contribution in [3.8, 4) is 17.2 Å². The fourth-order valence-corrected chi connectivity index (χ4v) is 3.33. The molecule has 1 fully saturated rings. The molecule has 0 amide bonds. The SMILES string of the molecule is CCC(=O)Oc1cccc(OC)c1COc1cc(Cl)c(CC)cc1C1CC1. The molecular formula is C22H25ClO4. The largest absolute Gasteiger partial charge is 0.496 e. The molecule has 0 aromatic heterocycles. The normalized spacial score (nSPS) is 13.3. The molecule has 2 aromatic carbocycles. The van der Waals surface area contributed by atoms with Crippen LogP contribution in [0.1, 0.15) is 55.7 Å². The summed E-state index contributed by atoms with van der Waals surface area (Å²) in [5.74, 6) is 2.13. The molecule has 27 heavy (non-hydrogen) atoms. The van der Waals surface area contributed by atoms with Gasteiger partial charge in [0.1, 0.15) is 23.9 Å². The van der Waals surface area contributed by atoms with Gasteiger partial charge in [0.25, 0.3) is 0 Å². The number of carbonyl (C=O) groups is 1. The van der Waals surface area contributed by atoms with Gasteiger partial charge in [-0.1, -0.05) is 37.6 Å². The van der Waals surface area contributed by atoms with Crippen LogP contribution in [-0.2, 0) is 17.8 Å². The van der Waals surface area contributed by atoms with Gasteiger partial charge in [-0.15, -0.1) is 0 Å². The second-order valence-corrected chi connectivity index (χ2v) is 7.07. The predicted molar refractivity (Wildman–Crippen MR) is 106 cm³/mol. The van der Waals surface area contributed by atoms with E-state index in [2.05, 4.69) is 13.0 Å². The minimum absolute atomic E-state index is 0.234. The van der Waals surface area contributed by atoms with E-state index in [1.807, 2.05) is 12.1 Å². The van der Waals surface area contributed by atoms with Crippen LogP contribution in [0.5, 0.6) is 17.2 Å². The lowest BCUT2D eigenvalue weighted by molar-refractivity contribution is -0.134. The van der Waals surface area contributed by atoms with Crippen molar-refractivity contribution < 1.29 is 19.0 Å². The first-order valence-electron chi connectivity index (χ1n) is 9.39. The monoisotopic (exact) mass is 388 g/mol. The zero-order chi connectivity index (χ0) is 19.4. The smallest absolute Gasteiger partial charge is 0.310 e. The summed E-state index contributed by atoms with van der Waals surface area (Å²) < 4.78 is 17.0. The third-order valence-corrected chi connectivity index (χ3v) is 5.12. The molecule has 1 aliphatic rings. The first-order valence-corrected chi connectivity index (χ1v) is 9.76. The third kappa shape index (κ3) is 4.56. The van der Waals surface area contributed by atoms with Crippen LogP contribution < -0.4 is 14.2 Å². The van der Waals surface area contributed by atoms with Gasteiger partial charge in [-0.3, -0.25) is 4.79 Å². The number of hydrogen-bond donors (Lipinski definition) is 0. The maximum Gasteiger partial charge on any atom is 0.310 e. The molecule has 0 aliphatic heterocycles. The van der Waals surface area contributed by atoms with E-state index in [0.29, 0.717) is 29.4 Å². The Bertz CT molecular complexity index is 827. The van der Waals surface area contributed by atoms with Crippen LogP contribution >= 0.6 is 11.6 Å². The molecule has 0 N–H and O–H groups in total. The first-order chi connectivity index (χ1) is 13.1. The fourth-order valence-electron chi connectivity index (χ4n) is 3.05. The summed E-state index contributed by atoms with van der Waals surface area (Å²) in [5, 5.41) is 0.717. The molecule has 0 atom stereocenters. The number of esters is 1. The van der Waals surface area contributed by atoms with E-state index in [-0.39, 0.29) is 12.6 Å². The van der Waals surface area contributed by atoms with Crippen LogP contribution in [-0.4, -0.2) is 13.1 Å². The number of rotatable bonds is 8. The number of benzene rings is 2. The Morgan fingerprint density at radius 2 is 1.89 bits per heavy atom. The van der Waals surface area contributed by atoms with Crippen molar-refractivity contribution in [3.05, 3.63) is 52.0 Å². The van der Waals surface area contributed by atoms with Crippen LogP contribution in [0, 0.1) is 0 Å². The van der Waals surface area contributed by atoms with E-state index in [1.165, 1.54) is 18.4 Å². The highest BCUT2D eigenvalue weighted by molar-refractivity contribution is 6.31. The molecule has 0 radical (unpaired) electrons. The Labute approximate surface area is 165 Å². The molecule has 144 valence electrons. The van der Waals surface area contributed by atoms with Crippen molar-refractivity contribution in [2.24, 2.45) is 0 Å². The van der Waals surface area contributed by atoms with Crippen molar-refractivity contribution in [3.63, 3.8) is 0 Å². The Morgan fingerprint density at radius 1 is 1.15 bits per heavy atom. The van der Waals surface area contributed by atoms with Crippen molar-refractivity contribution in [1.82, 2.24) is 0 Å².